The number of nitrogens with one attached hydrogen (secondary N) is 1. The molecule has 11 heteroatoms. The van der Waals surface area contributed by atoms with Crippen LogP contribution in [0, 0.1) is 5.41 Å². The summed E-state index contributed by atoms with van der Waals surface area (Å²) in [4.78, 5) is 22.7. The summed E-state index contributed by atoms with van der Waals surface area (Å²) >= 11 is 0. The molecule has 0 heterocycles. The molecule has 1 aliphatic rings. The van der Waals surface area contributed by atoms with Gasteiger partial charge in [0.25, 0.3) is 0 Å². The molecular weight excluding hydrogens is 352 g/mol. The molecule has 11 nitrogen and oxygen atoms in total. The van der Waals surface area contributed by atoms with E-state index in [0.717, 1.165) is 7.11 Å². The van der Waals surface area contributed by atoms with Gasteiger partial charge in [-0.3, -0.25) is 14.5 Å². The van der Waals surface area contributed by atoms with E-state index < -0.39 is 54.5 Å². The molecule has 0 aromatic carbocycles. The van der Waals surface area contributed by atoms with Gasteiger partial charge in [0.15, 0.2) is 6.29 Å². The molecule has 0 aromatic heterocycles. The van der Waals surface area contributed by atoms with Crippen molar-refractivity contribution in [3.8, 4) is 0 Å². The molecule has 7 N–H and O–H groups in total. The third-order valence-electron chi connectivity index (χ3n) is 4.71. The molecule has 5 unspecified atom stereocenters. The molecule has 0 spiro atoms. The van der Waals surface area contributed by atoms with E-state index in [-0.39, 0.29) is 26.1 Å². The zero-order chi connectivity index (χ0) is 20.1. The van der Waals surface area contributed by atoms with Crippen LogP contribution in [0.25, 0.3) is 0 Å². The second kappa shape index (κ2) is 9.04. The van der Waals surface area contributed by atoms with Gasteiger partial charge in [-0.05, 0) is 6.42 Å². The van der Waals surface area contributed by atoms with Gasteiger partial charge in [0, 0.05) is 32.2 Å². The molecule has 1 rings (SSSR count). The van der Waals surface area contributed by atoms with Crippen LogP contribution in [0.3, 0.4) is 0 Å². The van der Waals surface area contributed by atoms with Gasteiger partial charge in [-0.15, -0.1) is 0 Å². The van der Waals surface area contributed by atoms with E-state index in [0.29, 0.717) is 0 Å². The lowest BCUT2D eigenvalue weighted by Crippen LogP contribution is -2.52. The van der Waals surface area contributed by atoms with Crippen molar-refractivity contribution < 1.29 is 45.0 Å². The first-order valence-electron chi connectivity index (χ1n) is 8.12. The number of hydrogen-bond acceptors (Lipinski definition) is 9. The average molecular weight is 380 g/mol. The number of aliphatic hydroxyl groups excluding tert-OH is 3. The summed E-state index contributed by atoms with van der Waals surface area (Å²) < 4.78 is 4.68. The predicted octanol–water partition coefficient (Wildman–Crippen LogP) is -3.13. The fraction of sp³-hybridized carbons (Fsp3) is 0.867. The Hall–Kier alpha value is -1.34. The molecule has 0 saturated heterocycles. The van der Waals surface area contributed by atoms with Crippen molar-refractivity contribution in [3.05, 3.63) is 0 Å². The van der Waals surface area contributed by atoms with Gasteiger partial charge >= 0.3 is 11.9 Å². The van der Waals surface area contributed by atoms with Crippen LogP contribution in [0.1, 0.15) is 13.3 Å². The van der Waals surface area contributed by atoms with Crippen molar-refractivity contribution in [1.82, 2.24) is 10.2 Å². The van der Waals surface area contributed by atoms with Gasteiger partial charge in [0.2, 0.25) is 0 Å². The Bertz CT molecular complexity index is 490. The van der Waals surface area contributed by atoms with Gasteiger partial charge in [0.05, 0.1) is 19.2 Å². The monoisotopic (exact) mass is 380 g/mol. The van der Waals surface area contributed by atoms with E-state index in [2.05, 4.69) is 10.1 Å². The lowest BCUT2D eigenvalue weighted by molar-refractivity contribution is -0.233. The van der Waals surface area contributed by atoms with E-state index in [1.165, 1.54) is 4.90 Å². The summed E-state index contributed by atoms with van der Waals surface area (Å²) in [5.41, 5.74) is -3.01. The van der Waals surface area contributed by atoms with Crippen molar-refractivity contribution in [3.63, 3.8) is 0 Å². The Morgan fingerprint density at radius 3 is 2.23 bits per heavy atom. The molecular formula is C15H28N2O9. The zero-order valence-corrected chi connectivity index (χ0v) is 14.8. The lowest BCUT2D eigenvalue weighted by atomic mass is 9.84. The smallest absolute Gasteiger partial charge is 0.317 e. The largest absolute Gasteiger partial charge is 0.480 e. The summed E-state index contributed by atoms with van der Waals surface area (Å²) in [6, 6.07) is 0. The Kier molecular flexibility index (Phi) is 7.89. The van der Waals surface area contributed by atoms with Crippen LogP contribution >= 0.6 is 0 Å². The minimum absolute atomic E-state index is 0.137. The third kappa shape index (κ3) is 5.33. The van der Waals surface area contributed by atoms with E-state index in [9.17, 15) is 30.0 Å². The van der Waals surface area contributed by atoms with E-state index in [1.807, 2.05) is 0 Å². The van der Waals surface area contributed by atoms with Crippen LogP contribution in [0.15, 0.2) is 0 Å². The molecule has 152 valence electrons. The molecule has 0 amide bonds. The summed E-state index contributed by atoms with van der Waals surface area (Å²) in [7, 11) is 1.16. The fourth-order valence-electron chi connectivity index (χ4n) is 3.32. The number of hydrogen-bond donors (Lipinski definition) is 7. The van der Waals surface area contributed by atoms with Crippen molar-refractivity contribution >= 4 is 11.9 Å². The van der Waals surface area contributed by atoms with Crippen LogP contribution in [0.4, 0.5) is 0 Å². The molecule has 1 aliphatic carbocycles. The standard InChI is InChI=1S/C15H28N2O9/c1-14(7-15(25,13(24)26-2)12(23)11(14)22)8-16-3-4-17(5-9(18)19)6-10(20)21/h11-13,16,22-25H,3-8H2,1-2H3,(H,18,19)(H,20,21). The second-order valence-corrected chi connectivity index (χ2v) is 6.97. The molecule has 0 radical (unpaired) electrons. The minimum atomic E-state index is -2.02. The maximum atomic E-state index is 10.7. The SMILES string of the molecule is COC(O)C1(O)CC(C)(CNCCN(CC(=O)O)CC(=O)O)C(O)C1O. The van der Waals surface area contributed by atoms with Crippen LogP contribution in [-0.2, 0) is 14.3 Å². The second-order valence-electron chi connectivity index (χ2n) is 6.97. The van der Waals surface area contributed by atoms with Gasteiger partial charge < -0.3 is 40.7 Å². The number of ether oxygens (including phenoxy) is 1. The van der Waals surface area contributed by atoms with E-state index >= 15 is 0 Å². The Labute approximate surface area is 150 Å². The number of carboxylic acids is 2. The van der Waals surface area contributed by atoms with Crippen molar-refractivity contribution in [1.29, 1.82) is 0 Å². The first kappa shape index (κ1) is 22.7. The quantitative estimate of drug-likeness (QED) is 0.142. The highest BCUT2D eigenvalue weighted by molar-refractivity contribution is 5.72. The zero-order valence-electron chi connectivity index (χ0n) is 14.8. The van der Waals surface area contributed by atoms with Gasteiger partial charge in [-0.2, -0.15) is 0 Å². The van der Waals surface area contributed by atoms with Crippen LogP contribution in [0.2, 0.25) is 0 Å². The normalized spacial score (nSPS) is 32.7. The Morgan fingerprint density at radius 2 is 1.77 bits per heavy atom. The number of carbonyl (C=O) groups is 2. The van der Waals surface area contributed by atoms with Gasteiger partial charge in [-0.25, -0.2) is 0 Å². The lowest BCUT2D eigenvalue weighted by Gasteiger charge is -2.31. The summed E-state index contributed by atoms with van der Waals surface area (Å²) in [5.74, 6) is -2.29. The van der Waals surface area contributed by atoms with Gasteiger partial charge in [-0.1, -0.05) is 6.92 Å². The molecule has 0 bridgehead atoms. The highest BCUT2D eigenvalue weighted by Gasteiger charge is 2.61. The number of nitrogens with zero attached hydrogens (tertiary/aromatic N) is 1. The highest BCUT2D eigenvalue weighted by Crippen LogP contribution is 2.45. The molecule has 1 saturated carbocycles. The first-order chi connectivity index (χ1) is 12.0. The molecule has 1 fully saturated rings. The summed E-state index contributed by atoms with van der Waals surface area (Å²) in [6.45, 7) is 1.26. The highest BCUT2D eigenvalue weighted by atomic mass is 16.6. The number of rotatable bonds is 11. The van der Waals surface area contributed by atoms with E-state index in [4.69, 9.17) is 10.2 Å². The maximum absolute atomic E-state index is 10.7. The summed E-state index contributed by atoms with van der Waals surface area (Å²) in [6.07, 6.45) is -4.76. The van der Waals surface area contributed by atoms with Crippen molar-refractivity contribution in [2.24, 2.45) is 5.41 Å². The van der Waals surface area contributed by atoms with Crippen LogP contribution < -0.4 is 5.32 Å². The first-order valence-corrected chi connectivity index (χ1v) is 8.12. The molecule has 0 aliphatic heterocycles. The fourth-order valence-corrected chi connectivity index (χ4v) is 3.32. The molecule has 0 aromatic rings. The number of aliphatic hydroxyl groups is 4. The topological polar surface area (TPSA) is 180 Å². The number of methoxy groups -OCH3 is 1. The van der Waals surface area contributed by atoms with Crippen LogP contribution in [0.5, 0.6) is 0 Å². The Morgan fingerprint density at radius 1 is 1.23 bits per heavy atom. The predicted molar refractivity (Wildman–Crippen MR) is 87.3 cm³/mol. The van der Waals surface area contributed by atoms with Crippen molar-refractivity contribution in [2.75, 3.05) is 39.8 Å². The third-order valence-corrected chi connectivity index (χ3v) is 4.71. The van der Waals surface area contributed by atoms with Crippen LogP contribution in [-0.4, -0.2) is 111 Å². The minimum Gasteiger partial charge on any atom is -0.480 e. The number of aliphatic carboxylic acids is 2. The average Bonchev–Trinajstić information content (AvgIpc) is 2.71. The molecule has 5 atom stereocenters. The van der Waals surface area contributed by atoms with Gasteiger partial charge in [0.1, 0.15) is 11.7 Å². The maximum Gasteiger partial charge on any atom is 0.317 e. The Balaban J connectivity index is 2.60. The number of carboxylic acid groups (broad SMARTS) is 2. The molecule has 26 heavy (non-hydrogen) atoms. The van der Waals surface area contributed by atoms with Crippen molar-refractivity contribution in [2.45, 2.75) is 37.4 Å². The van der Waals surface area contributed by atoms with E-state index in [1.54, 1.807) is 6.92 Å². The summed E-state index contributed by atoms with van der Waals surface area (Å²) in [5, 5.41) is 61.1.